The Morgan fingerprint density at radius 1 is 1.21 bits per heavy atom. The summed E-state index contributed by atoms with van der Waals surface area (Å²) in [5.74, 6) is -0.329. The van der Waals surface area contributed by atoms with Crippen molar-refractivity contribution in [3.63, 3.8) is 0 Å². The summed E-state index contributed by atoms with van der Waals surface area (Å²) in [4.78, 5) is 2.24. The van der Waals surface area contributed by atoms with E-state index in [0.29, 0.717) is 5.56 Å². The lowest BCUT2D eigenvalue weighted by molar-refractivity contribution is 0.218. The van der Waals surface area contributed by atoms with Gasteiger partial charge in [-0.05, 0) is 50.3 Å². The molecule has 0 spiro atoms. The smallest absolute Gasteiger partial charge is 0.129 e. The maximum atomic E-state index is 13.8. The zero-order chi connectivity index (χ0) is 13.4. The number of aliphatic hydroxyl groups excluding tert-OH is 1. The fourth-order valence-corrected chi connectivity index (χ4v) is 3.94. The van der Waals surface area contributed by atoms with Gasteiger partial charge in [-0.2, -0.15) is 0 Å². The van der Waals surface area contributed by atoms with Gasteiger partial charge in [0.25, 0.3) is 0 Å². The Morgan fingerprint density at radius 3 is 2.79 bits per heavy atom. The number of aryl methyl sites for hydroxylation is 3. The highest BCUT2D eigenvalue weighted by Crippen LogP contribution is 2.36. The zero-order valence-electron chi connectivity index (χ0n) is 10.9. The van der Waals surface area contributed by atoms with Crippen molar-refractivity contribution in [1.82, 2.24) is 0 Å². The monoisotopic (exact) mass is 276 g/mol. The van der Waals surface area contributed by atoms with Crippen LogP contribution in [0.5, 0.6) is 0 Å². The molecule has 2 aromatic rings. The van der Waals surface area contributed by atoms with E-state index in [4.69, 9.17) is 0 Å². The van der Waals surface area contributed by atoms with Crippen LogP contribution in [0, 0.1) is 12.7 Å². The van der Waals surface area contributed by atoms with Gasteiger partial charge in [-0.3, -0.25) is 0 Å². The first-order valence-electron chi connectivity index (χ1n) is 6.71. The number of hydrogen-bond donors (Lipinski definition) is 1. The minimum absolute atomic E-state index is 0.329. The first-order valence-corrected chi connectivity index (χ1v) is 7.52. The number of aliphatic hydroxyl groups is 1. The maximum absolute atomic E-state index is 13.8. The van der Waals surface area contributed by atoms with Gasteiger partial charge >= 0.3 is 0 Å². The van der Waals surface area contributed by atoms with Crippen LogP contribution in [0.15, 0.2) is 24.3 Å². The maximum Gasteiger partial charge on any atom is 0.129 e. The first kappa shape index (κ1) is 12.8. The third kappa shape index (κ3) is 2.45. The van der Waals surface area contributed by atoms with E-state index in [-0.39, 0.29) is 5.82 Å². The molecule has 1 heterocycles. The summed E-state index contributed by atoms with van der Waals surface area (Å²) in [6, 6.07) is 6.96. The van der Waals surface area contributed by atoms with Crippen LogP contribution in [-0.4, -0.2) is 5.11 Å². The molecular formula is C16H17FOS. The van der Waals surface area contributed by atoms with Crippen molar-refractivity contribution in [3.8, 4) is 0 Å². The number of thiophene rings is 1. The Labute approximate surface area is 116 Å². The van der Waals surface area contributed by atoms with Crippen LogP contribution in [0.25, 0.3) is 0 Å². The molecule has 1 unspecified atom stereocenters. The molecule has 0 aliphatic heterocycles. The fraction of sp³-hybridized carbons (Fsp3) is 0.375. The number of rotatable bonds is 2. The summed E-state index contributed by atoms with van der Waals surface area (Å²) in [6.45, 7) is 1.91. The van der Waals surface area contributed by atoms with Crippen LogP contribution in [0.2, 0.25) is 0 Å². The number of benzene rings is 1. The van der Waals surface area contributed by atoms with Gasteiger partial charge in [0.2, 0.25) is 0 Å². The van der Waals surface area contributed by atoms with Crippen molar-refractivity contribution in [2.24, 2.45) is 0 Å². The second-order valence-electron chi connectivity index (χ2n) is 5.23. The summed E-state index contributed by atoms with van der Waals surface area (Å²) >= 11 is 1.64. The Kier molecular flexibility index (Phi) is 3.42. The third-order valence-corrected chi connectivity index (χ3v) is 5.02. The van der Waals surface area contributed by atoms with Gasteiger partial charge in [-0.15, -0.1) is 11.3 Å². The van der Waals surface area contributed by atoms with Gasteiger partial charge in [0.1, 0.15) is 11.9 Å². The minimum atomic E-state index is -0.838. The molecule has 0 radical (unpaired) electrons. The van der Waals surface area contributed by atoms with Crippen LogP contribution in [0.4, 0.5) is 4.39 Å². The van der Waals surface area contributed by atoms with Gasteiger partial charge < -0.3 is 5.11 Å². The van der Waals surface area contributed by atoms with Crippen LogP contribution in [0.1, 0.15) is 45.4 Å². The van der Waals surface area contributed by atoms with Crippen molar-refractivity contribution in [1.29, 1.82) is 0 Å². The summed E-state index contributed by atoms with van der Waals surface area (Å²) in [6.07, 6.45) is 3.80. The highest BCUT2D eigenvalue weighted by atomic mass is 32.1. The predicted molar refractivity (Wildman–Crippen MR) is 76.2 cm³/mol. The lowest BCUT2D eigenvalue weighted by atomic mass is 9.98. The van der Waals surface area contributed by atoms with Gasteiger partial charge in [0.05, 0.1) is 0 Å². The van der Waals surface area contributed by atoms with E-state index in [1.165, 1.54) is 29.3 Å². The van der Waals surface area contributed by atoms with Gasteiger partial charge in [0.15, 0.2) is 0 Å². The summed E-state index contributed by atoms with van der Waals surface area (Å²) in [5, 5.41) is 10.4. The summed E-state index contributed by atoms with van der Waals surface area (Å²) < 4.78 is 13.8. The molecule has 1 atom stereocenters. The molecule has 1 aliphatic carbocycles. The van der Waals surface area contributed by atoms with E-state index in [1.54, 1.807) is 23.5 Å². The van der Waals surface area contributed by atoms with E-state index in [1.807, 2.05) is 6.92 Å². The van der Waals surface area contributed by atoms with E-state index < -0.39 is 6.10 Å². The predicted octanol–water partition coefficient (Wildman–Crippen LogP) is 4.16. The Bertz CT molecular complexity index is 579. The van der Waals surface area contributed by atoms with Crippen LogP contribution in [0.3, 0.4) is 0 Å². The normalized spacial score (nSPS) is 16.2. The SMILES string of the molecule is Cc1ccc(F)c(C(O)c2cc3c(s2)CCCC3)c1. The largest absolute Gasteiger partial charge is 0.383 e. The summed E-state index contributed by atoms with van der Waals surface area (Å²) in [7, 11) is 0. The molecule has 1 N–H and O–H groups in total. The van der Waals surface area contributed by atoms with E-state index >= 15 is 0 Å². The highest BCUT2D eigenvalue weighted by Gasteiger charge is 2.21. The topological polar surface area (TPSA) is 20.2 Å². The lowest BCUT2D eigenvalue weighted by Crippen LogP contribution is -2.01. The number of fused-ring (bicyclic) bond motifs is 1. The molecule has 100 valence electrons. The molecular weight excluding hydrogens is 259 g/mol. The number of halogens is 1. The molecule has 0 fully saturated rings. The van der Waals surface area contributed by atoms with E-state index in [2.05, 4.69) is 6.07 Å². The van der Waals surface area contributed by atoms with E-state index in [9.17, 15) is 9.50 Å². The zero-order valence-corrected chi connectivity index (χ0v) is 11.8. The molecule has 3 heteroatoms. The molecule has 1 aromatic carbocycles. The molecule has 0 saturated carbocycles. The Hall–Kier alpha value is -1.19. The molecule has 0 saturated heterocycles. The molecule has 0 amide bonds. The number of hydrogen-bond acceptors (Lipinski definition) is 2. The average Bonchev–Trinajstić information content (AvgIpc) is 2.84. The molecule has 1 nitrogen and oxygen atoms in total. The van der Waals surface area contributed by atoms with Crippen molar-refractivity contribution >= 4 is 11.3 Å². The quantitative estimate of drug-likeness (QED) is 0.873. The van der Waals surface area contributed by atoms with Crippen molar-refractivity contribution in [3.05, 3.63) is 56.5 Å². The molecule has 3 rings (SSSR count). The fourth-order valence-electron chi connectivity index (χ4n) is 2.67. The first-order chi connectivity index (χ1) is 9.15. The average molecular weight is 276 g/mol. The van der Waals surface area contributed by atoms with Gasteiger partial charge in [-0.25, -0.2) is 4.39 Å². The van der Waals surface area contributed by atoms with E-state index in [0.717, 1.165) is 23.3 Å². The van der Waals surface area contributed by atoms with Crippen LogP contribution >= 0.6 is 11.3 Å². The second-order valence-corrected chi connectivity index (χ2v) is 6.40. The van der Waals surface area contributed by atoms with Crippen molar-refractivity contribution < 1.29 is 9.50 Å². The Morgan fingerprint density at radius 2 is 2.00 bits per heavy atom. The Balaban J connectivity index is 1.97. The highest BCUT2D eigenvalue weighted by molar-refractivity contribution is 7.12. The van der Waals surface area contributed by atoms with Crippen LogP contribution < -0.4 is 0 Å². The minimum Gasteiger partial charge on any atom is -0.383 e. The lowest BCUT2D eigenvalue weighted by Gasteiger charge is -2.10. The third-order valence-electron chi connectivity index (χ3n) is 3.73. The van der Waals surface area contributed by atoms with Gasteiger partial charge in [-0.1, -0.05) is 17.7 Å². The molecule has 1 aromatic heterocycles. The van der Waals surface area contributed by atoms with Crippen molar-refractivity contribution in [2.45, 2.75) is 38.7 Å². The van der Waals surface area contributed by atoms with Crippen molar-refractivity contribution in [2.75, 3.05) is 0 Å². The van der Waals surface area contributed by atoms with Crippen LogP contribution in [-0.2, 0) is 12.8 Å². The second kappa shape index (κ2) is 5.06. The summed E-state index contributed by atoms with van der Waals surface area (Å²) in [5.41, 5.74) is 2.70. The standard InChI is InChI=1S/C16H17FOS/c1-10-6-7-13(17)12(8-10)16(18)15-9-11-4-2-3-5-14(11)19-15/h6-9,16,18H,2-5H2,1H3. The molecule has 1 aliphatic rings. The molecule has 19 heavy (non-hydrogen) atoms. The molecule has 0 bridgehead atoms. The van der Waals surface area contributed by atoms with Gasteiger partial charge in [0, 0.05) is 15.3 Å².